The van der Waals surface area contributed by atoms with E-state index in [4.69, 9.17) is 0 Å². The average molecular weight is 274 g/mol. The lowest BCUT2D eigenvalue weighted by atomic mass is 10.4. The van der Waals surface area contributed by atoms with Gasteiger partial charge in [0.05, 0.1) is 5.25 Å². The first-order valence-corrected chi connectivity index (χ1v) is 5.72. The van der Waals surface area contributed by atoms with Crippen LogP contribution in [0.3, 0.4) is 0 Å². The molecule has 0 heterocycles. The molecule has 0 aromatic heterocycles. The zero-order valence-corrected chi connectivity index (χ0v) is 9.95. The van der Waals surface area contributed by atoms with E-state index in [1.807, 2.05) is 6.07 Å². The van der Waals surface area contributed by atoms with Gasteiger partial charge < -0.3 is 9.68 Å². The number of hydrogen-bond donors (Lipinski definition) is 0. The van der Waals surface area contributed by atoms with Crippen molar-refractivity contribution >= 4 is 11.8 Å². The fourth-order valence-corrected chi connectivity index (χ4v) is 2.05. The predicted molar refractivity (Wildman–Crippen MR) is 62.0 cm³/mol. The first-order valence-electron chi connectivity index (χ1n) is 4.84. The summed E-state index contributed by atoms with van der Waals surface area (Å²) < 4.78 is 0. The summed E-state index contributed by atoms with van der Waals surface area (Å²) >= 11 is 1.21. The van der Waals surface area contributed by atoms with E-state index in [0.717, 1.165) is 4.90 Å². The molecule has 0 aliphatic heterocycles. The second kappa shape index (κ2) is 7.33. The number of benzene rings is 1. The molecule has 98 valence electrons. The van der Waals surface area contributed by atoms with Crippen molar-refractivity contribution in [2.75, 3.05) is 13.2 Å². The highest BCUT2D eigenvalue weighted by Crippen LogP contribution is 2.23. The molecule has 0 aliphatic rings. The van der Waals surface area contributed by atoms with Crippen LogP contribution in [0.4, 0.5) is 0 Å². The molecule has 18 heavy (non-hydrogen) atoms. The van der Waals surface area contributed by atoms with Crippen LogP contribution >= 0.6 is 11.8 Å². The fourth-order valence-electron chi connectivity index (χ4n) is 1.10. The summed E-state index contributed by atoms with van der Waals surface area (Å²) in [5.74, 6) is 0. The maximum atomic E-state index is 10.1. The van der Waals surface area contributed by atoms with Gasteiger partial charge in [-0.2, -0.15) is 0 Å². The largest absolute Gasteiger partial charge is 0.313 e. The van der Waals surface area contributed by atoms with E-state index in [-0.39, 0.29) is 13.2 Å². The van der Waals surface area contributed by atoms with E-state index in [1.54, 1.807) is 24.3 Å². The van der Waals surface area contributed by atoms with E-state index >= 15 is 0 Å². The van der Waals surface area contributed by atoms with Crippen molar-refractivity contribution in [3.63, 3.8) is 0 Å². The van der Waals surface area contributed by atoms with E-state index in [1.165, 1.54) is 11.8 Å². The lowest BCUT2D eigenvalue weighted by molar-refractivity contribution is -0.765. The van der Waals surface area contributed by atoms with Gasteiger partial charge in [-0.3, -0.25) is 0 Å². The molecule has 0 amide bonds. The van der Waals surface area contributed by atoms with Gasteiger partial charge in [-0.15, -0.1) is 32.0 Å². The van der Waals surface area contributed by atoms with Gasteiger partial charge in [0.2, 0.25) is 0 Å². The van der Waals surface area contributed by atoms with Crippen LogP contribution in [0.5, 0.6) is 0 Å². The molecule has 9 heteroatoms. The summed E-state index contributed by atoms with van der Waals surface area (Å²) in [6.45, 7) is -0.555. The number of thioether (sulfide) groups is 1. The Morgan fingerprint density at radius 2 is 1.56 bits per heavy atom. The molecule has 0 atom stereocenters. The van der Waals surface area contributed by atoms with Gasteiger partial charge in [0.25, 0.3) is 10.2 Å². The lowest BCUT2D eigenvalue weighted by Crippen LogP contribution is -2.22. The Balaban J connectivity index is 2.53. The second-order valence-electron chi connectivity index (χ2n) is 3.09. The topological polar surface area (TPSA) is 105 Å². The number of nitrogens with zero attached hydrogens (tertiary/aromatic N) is 2. The van der Waals surface area contributed by atoms with Gasteiger partial charge in [0, 0.05) is 4.90 Å². The normalized spacial score (nSPS) is 10.1. The highest BCUT2D eigenvalue weighted by Gasteiger charge is 2.15. The molecule has 0 bridgehead atoms. The van der Waals surface area contributed by atoms with E-state index < -0.39 is 15.4 Å². The quantitative estimate of drug-likeness (QED) is 0.402. The van der Waals surface area contributed by atoms with Crippen molar-refractivity contribution in [1.82, 2.24) is 0 Å². The Morgan fingerprint density at radius 3 is 2.00 bits per heavy atom. The maximum Gasteiger partial charge on any atom is 0.294 e. The summed E-state index contributed by atoms with van der Waals surface area (Å²) in [6, 6.07) is 8.98. The minimum Gasteiger partial charge on any atom is -0.313 e. The minimum atomic E-state index is -0.940. The lowest BCUT2D eigenvalue weighted by Gasteiger charge is -2.13. The molecular formula is C9H10N2O6S. The maximum absolute atomic E-state index is 10.1. The zero-order chi connectivity index (χ0) is 13.4. The number of rotatable bonds is 8. The van der Waals surface area contributed by atoms with Crippen molar-refractivity contribution < 1.29 is 19.8 Å². The third-order valence-corrected chi connectivity index (χ3v) is 2.93. The fraction of sp³-hybridized carbons (Fsp3) is 0.333. The standard InChI is InChI=1S/C9H10N2O6S/c12-10(13)16-6-9(7-17-11(14)15)18-8-4-2-1-3-5-8/h1-5,9H,6-7H2. The monoisotopic (exact) mass is 274 g/mol. The van der Waals surface area contributed by atoms with Crippen molar-refractivity contribution in [3.05, 3.63) is 50.6 Å². The molecule has 0 radical (unpaired) electrons. The molecule has 0 saturated heterocycles. The molecule has 0 saturated carbocycles. The van der Waals surface area contributed by atoms with Gasteiger partial charge in [-0.05, 0) is 12.1 Å². The molecular weight excluding hydrogens is 264 g/mol. The highest BCUT2D eigenvalue weighted by molar-refractivity contribution is 8.00. The van der Waals surface area contributed by atoms with Crippen LogP contribution in [-0.2, 0) is 9.68 Å². The van der Waals surface area contributed by atoms with E-state index in [0.29, 0.717) is 0 Å². The van der Waals surface area contributed by atoms with Gasteiger partial charge in [0.15, 0.2) is 0 Å². The first-order chi connectivity index (χ1) is 8.58. The van der Waals surface area contributed by atoms with Gasteiger partial charge in [-0.1, -0.05) is 18.2 Å². The molecule has 8 nitrogen and oxygen atoms in total. The second-order valence-corrected chi connectivity index (χ2v) is 4.47. The summed E-state index contributed by atoms with van der Waals surface area (Å²) in [5.41, 5.74) is 0. The van der Waals surface area contributed by atoms with Crippen LogP contribution in [0.1, 0.15) is 0 Å². The molecule has 1 aromatic carbocycles. The summed E-state index contributed by atoms with van der Waals surface area (Å²) in [7, 11) is 0. The summed E-state index contributed by atoms with van der Waals surface area (Å²) in [6.07, 6.45) is 0. The van der Waals surface area contributed by atoms with Gasteiger partial charge in [-0.25, -0.2) is 0 Å². The third kappa shape index (κ3) is 5.89. The van der Waals surface area contributed by atoms with E-state index in [2.05, 4.69) is 9.68 Å². The Morgan fingerprint density at radius 1 is 1.06 bits per heavy atom. The van der Waals surface area contributed by atoms with Crippen LogP contribution in [0.15, 0.2) is 35.2 Å². The van der Waals surface area contributed by atoms with Crippen LogP contribution in [0.25, 0.3) is 0 Å². The van der Waals surface area contributed by atoms with Crippen molar-refractivity contribution in [1.29, 1.82) is 0 Å². The summed E-state index contributed by atoms with van der Waals surface area (Å²) in [5, 5.41) is 17.8. The smallest absolute Gasteiger partial charge is 0.294 e. The van der Waals surface area contributed by atoms with Crippen LogP contribution in [0, 0.1) is 20.2 Å². The number of hydrogen-bond acceptors (Lipinski definition) is 7. The molecule has 0 fully saturated rings. The molecule has 0 spiro atoms. The molecule has 0 aliphatic carbocycles. The Hall–Kier alpha value is -2.03. The first kappa shape index (κ1) is 14.0. The van der Waals surface area contributed by atoms with Crippen LogP contribution in [-0.4, -0.2) is 28.6 Å². The molecule has 0 unspecified atom stereocenters. The Bertz CT molecular complexity index is 383. The Kier molecular flexibility index (Phi) is 5.71. The van der Waals surface area contributed by atoms with Gasteiger partial charge in [0.1, 0.15) is 13.2 Å². The molecule has 1 rings (SSSR count). The van der Waals surface area contributed by atoms with E-state index in [9.17, 15) is 20.2 Å². The van der Waals surface area contributed by atoms with Crippen LogP contribution < -0.4 is 0 Å². The SMILES string of the molecule is O=[N+]([O-])OCC(CO[N+](=O)[O-])Sc1ccccc1. The molecule has 1 aromatic rings. The van der Waals surface area contributed by atoms with Crippen molar-refractivity contribution in [2.24, 2.45) is 0 Å². The molecule has 0 N–H and O–H groups in total. The average Bonchev–Trinajstić information content (AvgIpc) is 2.33. The third-order valence-electron chi connectivity index (χ3n) is 1.78. The van der Waals surface area contributed by atoms with Crippen molar-refractivity contribution in [3.8, 4) is 0 Å². The zero-order valence-electron chi connectivity index (χ0n) is 9.13. The highest BCUT2D eigenvalue weighted by atomic mass is 32.2. The minimum absolute atomic E-state index is 0.277. The predicted octanol–water partition coefficient (Wildman–Crippen LogP) is 1.56. The van der Waals surface area contributed by atoms with Gasteiger partial charge >= 0.3 is 0 Å². The Labute approximate surface area is 106 Å². The van der Waals surface area contributed by atoms with Crippen LogP contribution in [0.2, 0.25) is 0 Å². The van der Waals surface area contributed by atoms with Crippen molar-refractivity contribution in [2.45, 2.75) is 10.1 Å². The summed E-state index contributed by atoms with van der Waals surface area (Å²) in [4.78, 5) is 29.4.